The molecule has 7 heteroatoms. The van der Waals surface area contributed by atoms with Gasteiger partial charge in [0.1, 0.15) is 5.82 Å². The fourth-order valence-electron chi connectivity index (χ4n) is 2.64. The van der Waals surface area contributed by atoms with Gasteiger partial charge in [0.15, 0.2) is 0 Å². The van der Waals surface area contributed by atoms with Gasteiger partial charge in [-0.15, -0.1) is 0 Å². The Bertz CT molecular complexity index is 480. The van der Waals surface area contributed by atoms with E-state index in [1.54, 1.807) is 6.20 Å². The second-order valence-electron chi connectivity index (χ2n) is 4.91. The largest absolute Gasteiger partial charge is 0.384 e. The number of rotatable bonds is 3. The summed E-state index contributed by atoms with van der Waals surface area (Å²) in [4.78, 5) is 2.97. The molecular formula is C11H18N6O. The van der Waals surface area contributed by atoms with Crippen molar-refractivity contribution in [1.29, 1.82) is 0 Å². The van der Waals surface area contributed by atoms with E-state index in [1.165, 1.54) is 0 Å². The molecule has 98 valence electrons. The summed E-state index contributed by atoms with van der Waals surface area (Å²) in [6.07, 6.45) is 2.20. The van der Waals surface area contributed by atoms with Gasteiger partial charge < -0.3 is 10.5 Å². The summed E-state index contributed by atoms with van der Waals surface area (Å²) in [6, 6.07) is 0. The van der Waals surface area contributed by atoms with Crippen LogP contribution in [0.15, 0.2) is 11.3 Å². The zero-order chi connectivity index (χ0) is 13.3. The van der Waals surface area contributed by atoms with Crippen LogP contribution in [0.2, 0.25) is 0 Å². The number of hydrogen-bond acceptors (Lipinski definition) is 4. The van der Waals surface area contributed by atoms with Crippen LogP contribution in [0.5, 0.6) is 0 Å². The average molecular weight is 250 g/mol. The zero-order valence-electron chi connectivity index (χ0n) is 10.8. The number of nitrogen functional groups attached to an aromatic ring is 1. The van der Waals surface area contributed by atoms with Crippen molar-refractivity contribution in [2.45, 2.75) is 44.9 Å². The molecule has 1 aliphatic rings. The fourth-order valence-corrected chi connectivity index (χ4v) is 2.64. The Morgan fingerprint density at radius 3 is 2.94 bits per heavy atom. The van der Waals surface area contributed by atoms with Crippen LogP contribution in [0.1, 0.15) is 38.9 Å². The molecule has 1 unspecified atom stereocenters. The van der Waals surface area contributed by atoms with Gasteiger partial charge in [-0.1, -0.05) is 25.9 Å². The predicted molar refractivity (Wildman–Crippen MR) is 67.6 cm³/mol. The molecule has 2 rings (SSSR count). The average Bonchev–Trinajstić information content (AvgIpc) is 2.85. The third kappa shape index (κ3) is 1.72. The number of azide groups is 1. The number of hydrogen-bond donors (Lipinski definition) is 2. The number of anilines is 1. The van der Waals surface area contributed by atoms with Gasteiger partial charge in [0.25, 0.3) is 0 Å². The van der Waals surface area contributed by atoms with Crippen LogP contribution in [-0.4, -0.2) is 21.8 Å². The minimum atomic E-state index is -0.645. The van der Waals surface area contributed by atoms with Crippen molar-refractivity contribution >= 4 is 5.82 Å². The molecule has 18 heavy (non-hydrogen) atoms. The van der Waals surface area contributed by atoms with Crippen molar-refractivity contribution in [3.63, 3.8) is 0 Å². The molecule has 1 aromatic rings. The maximum absolute atomic E-state index is 8.80. The van der Waals surface area contributed by atoms with Crippen LogP contribution in [0.3, 0.4) is 0 Å². The zero-order valence-corrected chi connectivity index (χ0v) is 10.8. The first-order valence-electron chi connectivity index (χ1n) is 6.05. The van der Waals surface area contributed by atoms with Gasteiger partial charge in [-0.25, -0.2) is 0 Å². The van der Waals surface area contributed by atoms with Crippen LogP contribution in [0, 0.1) is 5.92 Å². The summed E-state index contributed by atoms with van der Waals surface area (Å²) in [5.41, 5.74) is 14.8. The van der Waals surface area contributed by atoms with Gasteiger partial charge in [0, 0.05) is 10.5 Å². The van der Waals surface area contributed by atoms with E-state index in [-0.39, 0.29) is 18.1 Å². The number of aromatic amines is 1. The van der Waals surface area contributed by atoms with E-state index in [0.717, 1.165) is 12.0 Å². The fraction of sp³-hybridized carbons (Fsp3) is 0.727. The van der Waals surface area contributed by atoms with E-state index in [1.807, 2.05) is 13.8 Å². The first-order chi connectivity index (χ1) is 8.54. The lowest BCUT2D eigenvalue weighted by molar-refractivity contribution is 0.0254. The van der Waals surface area contributed by atoms with E-state index in [4.69, 9.17) is 16.0 Å². The van der Waals surface area contributed by atoms with Crippen molar-refractivity contribution in [3.05, 3.63) is 22.2 Å². The van der Waals surface area contributed by atoms with Gasteiger partial charge in [0.2, 0.25) is 0 Å². The van der Waals surface area contributed by atoms with Crippen molar-refractivity contribution in [2.24, 2.45) is 11.0 Å². The van der Waals surface area contributed by atoms with Gasteiger partial charge >= 0.3 is 0 Å². The van der Waals surface area contributed by atoms with Crippen LogP contribution in [0.25, 0.3) is 10.4 Å². The Balaban J connectivity index is 2.45. The molecular weight excluding hydrogens is 232 g/mol. The van der Waals surface area contributed by atoms with E-state index in [2.05, 4.69) is 27.1 Å². The number of nitrogens with zero attached hydrogens (tertiary/aromatic N) is 4. The van der Waals surface area contributed by atoms with Gasteiger partial charge in [0.05, 0.1) is 23.9 Å². The Hall–Kier alpha value is -1.72. The smallest absolute Gasteiger partial charge is 0.124 e. The quantitative estimate of drug-likeness (QED) is 0.488. The molecule has 0 bridgehead atoms. The monoisotopic (exact) mass is 250 g/mol. The molecule has 3 N–H and O–H groups in total. The minimum absolute atomic E-state index is 0.0554. The van der Waals surface area contributed by atoms with Gasteiger partial charge in [-0.3, -0.25) is 5.10 Å². The normalized spacial score (nSPS) is 35.4. The summed E-state index contributed by atoms with van der Waals surface area (Å²) >= 11 is 0. The molecule has 0 amide bonds. The third-order valence-corrected chi connectivity index (χ3v) is 3.97. The van der Waals surface area contributed by atoms with Crippen molar-refractivity contribution in [1.82, 2.24) is 10.2 Å². The summed E-state index contributed by atoms with van der Waals surface area (Å²) in [7, 11) is 0. The number of nitrogens with one attached hydrogen (secondary N) is 1. The molecule has 4 atom stereocenters. The molecule has 0 aromatic carbocycles. The Morgan fingerprint density at radius 1 is 1.72 bits per heavy atom. The highest BCUT2D eigenvalue weighted by molar-refractivity contribution is 5.41. The van der Waals surface area contributed by atoms with E-state index in [0.29, 0.717) is 5.82 Å². The van der Waals surface area contributed by atoms with Gasteiger partial charge in [-0.2, -0.15) is 5.10 Å². The number of nitrogens with two attached hydrogens (primary N) is 1. The number of H-pyrrole nitrogens is 1. The van der Waals surface area contributed by atoms with Crippen LogP contribution < -0.4 is 5.73 Å². The van der Waals surface area contributed by atoms with Crippen LogP contribution in [0.4, 0.5) is 5.82 Å². The lowest BCUT2D eigenvalue weighted by Crippen LogP contribution is -2.33. The van der Waals surface area contributed by atoms with Crippen molar-refractivity contribution in [2.75, 3.05) is 5.73 Å². The summed E-state index contributed by atoms with van der Waals surface area (Å²) in [5.74, 6) is 0.584. The lowest BCUT2D eigenvalue weighted by Gasteiger charge is -2.28. The number of aromatic nitrogens is 2. The SMILES string of the molecule is CC[C@H]1OC(c2cn[nH]c2N)[C@](C)(N=[N+]=[N-])[C@@H]1C. The Kier molecular flexibility index (Phi) is 3.19. The first kappa shape index (κ1) is 12.7. The molecule has 1 fully saturated rings. The van der Waals surface area contributed by atoms with E-state index < -0.39 is 5.54 Å². The standard InChI is InChI=1S/C11H18N6O/c1-4-8-6(2)11(3,16-17-13)9(18-8)7-5-14-15-10(7)12/h5-6,8-9H,4H2,1-3H3,(H3,12,14,15)/t6-,8-,9?,11-/m1/s1. The molecule has 0 radical (unpaired) electrons. The Labute approximate surface area is 105 Å². The second kappa shape index (κ2) is 4.51. The molecule has 1 aliphatic heterocycles. The molecule has 1 saturated heterocycles. The van der Waals surface area contributed by atoms with Crippen LogP contribution in [-0.2, 0) is 4.74 Å². The summed E-state index contributed by atoms with van der Waals surface area (Å²) in [5, 5.41) is 10.6. The molecule has 2 heterocycles. The minimum Gasteiger partial charge on any atom is -0.384 e. The first-order valence-corrected chi connectivity index (χ1v) is 6.05. The highest BCUT2D eigenvalue weighted by atomic mass is 16.5. The topological polar surface area (TPSA) is 113 Å². The van der Waals surface area contributed by atoms with E-state index >= 15 is 0 Å². The van der Waals surface area contributed by atoms with Gasteiger partial charge in [-0.05, 0) is 17.9 Å². The Morgan fingerprint density at radius 2 is 2.44 bits per heavy atom. The molecule has 1 aromatic heterocycles. The van der Waals surface area contributed by atoms with Crippen molar-refractivity contribution < 1.29 is 4.74 Å². The lowest BCUT2D eigenvalue weighted by atomic mass is 9.80. The molecule has 0 saturated carbocycles. The predicted octanol–water partition coefficient (Wildman–Crippen LogP) is 2.55. The molecule has 0 aliphatic carbocycles. The van der Waals surface area contributed by atoms with E-state index in [9.17, 15) is 0 Å². The molecule has 7 nitrogen and oxygen atoms in total. The molecule has 0 spiro atoms. The number of ether oxygens (including phenoxy) is 1. The highest BCUT2D eigenvalue weighted by Gasteiger charge is 2.51. The summed E-state index contributed by atoms with van der Waals surface area (Å²) < 4.78 is 6.01. The maximum atomic E-state index is 8.80. The van der Waals surface area contributed by atoms with Crippen molar-refractivity contribution in [3.8, 4) is 0 Å². The second-order valence-corrected chi connectivity index (χ2v) is 4.91. The van der Waals surface area contributed by atoms with Crippen LogP contribution >= 0.6 is 0 Å². The summed E-state index contributed by atoms with van der Waals surface area (Å²) in [6.45, 7) is 6.00. The highest BCUT2D eigenvalue weighted by Crippen LogP contribution is 2.49. The maximum Gasteiger partial charge on any atom is 0.124 e. The third-order valence-electron chi connectivity index (χ3n) is 3.97.